The summed E-state index contributed by atoms with van der Waals surface area (Å²) in [6, 6.07) is 14.2. The van der Waals surface area contributed by atoms with Gasteiger partial charge in [0.15, 0.2) is 5.16 Å². The van der Waals surface area contributed by atoms with Crippen LogP contribution in [0.3, 0.4) is 0 Å². The van der Waals surface area contributed by atoms with E-state index in [2.05, 4.69) is 16.4 Å². The van der Waals surface area contributed by atoms with Crippen LogP contribution < -0.4 is 10.9 Å². The van der Waals surface area contributed by atoms with Crippen molar-refractivity contribution < 1.29 is 9.21 Å². The monoisotopic (exact) mass is 436 g/mol. The number of hydrogen-bond donors (Lipinski definition) is 1. The van der Waals surface area contributed by atoms with E-state index >= 15 is 0 Å². The molecule has 4 aromatic rings. The Morgan fingerprint density at radius 2 is 2.17 bits per heavy atom. The Morgan fingerprint density at radius 1 is 1.33 bits per heavy atom. The SMILES string of the molecule is Cc1cc2c(=O)n(Cc3ccco3)c(SCC(=O)Nc3ccccc3C#N)nc2s1. The lowest BCUT2D eigenvalue weighted by Gasteiger charge is -2.11. The molecule has 0 saturated heterocycles. The van der Waals surface area contributed by atoms with Crippen molar-refractivity contribution in [2.45, 2.75) is 18.6 Å². The molecule has 0 saturated carbocycles. The number of nitriles is 1. The van der Waals surface area contributed by atoms with Crippen LogP contribution in [0.25, 0.3) is 10.2 Å². The summed E-state index contributed by atoms with van der Waals surface area (Å²) < 4.78 is 6.91. The van der Waals surface area contributed by atoms with Crippen LogP contribution in [0.1, 0.15) is 16.2 Å². The van der Waals surface area contributed by atoms with E-state index in [4.69, 9.17) is 9.68 Å². The summed E-state index contributed by atoms with van der Waals surface area (Å²) in [6.45, 7) is 2.15. The van der Waals surface area contributed by atoms with Crippen molar-refractivity contribution in [3.63, 3.8) is 0 Å². The number of anilines is 1. The molecule has 0 atom stereocenters. The molecule has 0 aliphatic carbocycles. The minimum Gasteiger partial charge on any atom is -0.467 e. The quantitative estimate of drug-likeness (QED) is 0.362. The number of carbonyl (C=O) groups is 1. The zero-order valence-electron chi connectivity index (χ0n) is 15.9. The van der Waals surface area contributed by atoms with E-state index < -0.39 is 0 Å². The molecule has 150 valence electrons. The second kappa shape index (κ2) is 8.57. The van der Waals surface area contributed by atoms with E-state index in [0.29, 0.717) is 32.4 Å². The van der Waals surface area contributed by atoms with Crippen molar-refractivity contribution >= 4 is 44.9 Å². The number of aryl methyl sites for hydroxylation is 1. The van der Waals surface area contributed by atoms with Gasteiger partial charge in [0.05, 0.1) is 35.2 Å². The van der Waals surface area contributed by atoms with Gasteiger partial charge in [-0.3, -0.25) is 14.2 Å². The molecule has 4 rings (SSSR count). The van der Waals surface area contributed by atoms with E-state index in [9.17, 15) is 9.59 Å². The number of aromatic nitrogens is 2. The molecule has 0 fully saturated rings. The smallest absolute Gasteiger partial charge is 0.263 e. The molecule has 30 heavy (non-hydrogen) atoms. The highest BCUT2D eigenvalue weighted by Crippen LogP contribution is 2.25. The Labute approximate surface area is 180 Å². The first-order chi connectivity index (χ1) is 14.5. The number of rotatable bonds is 6. The van der Waals surface area contributed by atoms with E-state index in [0.717, 1.165) is 4.88 Å². The highest BCUT2D eigenvalue weighted by molar-refractivity contribution is 7.99. The largest absolute Gasteiger partial charge is 0.467 e. The molecule has 3 aromatic heterocycles. The lowest BCUT2D eigenvalue weighted by atomic mass is 10.2. The summed E-state index contributed by atoms with van der Waals surface area (Å²) in [6.07, 6.45) is 1.55. The predicted molar refractivity (Wildman–Crippen MR) is 117 cm³/mol. The van der Waals surface area contributed by atoms with Gasteiger partial charge in [-0.1, -0.05) is 23.9 Å². The molecule has 1 amide bonds. The molecule has 1 N–H and O–H groups in total. The summed E-state index contributed by atoms with van der Waals surface area (Å²) in [5.41, 5.74) is 0.675. The number of furan rings is 1. The molecular weight excluding hydrogens is 420 g/mol. The highest BCUT2D eigenvalue weighted by Gasteiger charge is 2.16. The second-order valence-electron chi connectivity index (χ2n) is 6.44. The fraction of sp³-hybridized carbons (Fsp3) is 0.143. The Balaban J connectivity index is 1.60. The topological polar surface area (TPSA) is 101 Å². The second-order valence-corrected chi connectivity index (χ2v) is 8.61. The third kappa shape index (κ3) is 4.15. The maximum absolute atomic E-state index is 13.0. The summed E-state index contributed by atoms with van der Waals surface area (Å²) in [4.78, 5) is 31.8. The molecule has 9 heteroatoms. The number of amides is 1. The summed E-state index contributed by atoms with van der Waals surface area (Å²) in [5.74, 6) is 0.378. The van der Waals surface area contributed by atoms with Gasteiger partial charge < -0.3 is 9.73 Å². The average molecular weight is 437 g/mol. The van der Waals surface area contributed by atoms with Gasteiger partial charge in [-0.25, -0.2) is 4.98 Å². The number of thioether (sulfide) groups is 1. The van der Waals surface area contributed by atoms with Crippen molar-refractivity contribution in [2.75, 3.05) is 11.1 Å². The third-order valence-electron chi connectivity index (χ3n) is 4.29. The van der Waals surface area contributed by atoms with Gasteiger partial charge in [0, 0.05) is 4.88 Å². The van der Waals surface area contributed by atoms with E-state index in [-0.39, 0.29) is 23.8 Å². The molecule has 1 aromatic carbocycles. The van der Waals surface area contributed by atoms with Gasteiger partial charge in [-0.15, -0.1) is 11.3 Å². The summed E-state index contributed by atoms with van der Waals surface area (Å²) in [5, 5.41) is 12.9. The molecule has 0 aliphatic rings. The van der Waals surface area contributed by atoms with Crippen LogP contribution in [0, 0.1) is 18.3 Å². The number of nitrogens with one attached hydrogen (secondary N) is 1. The molecule has 0 unspecified atom stereocenters. The van der Waals surface area contributed by atoms with Crippen molar-refractivity contribution in [3.8, 4) is 6.07 Å². The van der Waals surface area contributed by atoms with Gasteiger partial charge in [-0.2, -0.15) is 5.26 Å². The molecule has 0 radical (unpaired) electrons. The van der Waals surface area contributed by atoms with Crippen LogP contribution in [-0.2, 0) is 11.3 Å². The number of nitrogens with zero attached hydrogens (tertiary/aromatic N) is 3. The Morgan fingerprint density at radius 3 is 2.93 bits per heavy atom. The van der Waals surface area contributed by atoms with Crippen LogP contribution >= 0.6 is 23.1 Å². The summed E-state index contributed by atoms with van der Waals surface area (Å²) in [7, 11) is 0. The predicted octanol–water partition coefficient (Wildman–Crippen LogP) is 4.01. The maximum Gasteiger partial charge on any atom is 0.263 e. The van der Waals surface area contributed by atoms with Crippen LogP contribution in [0.15, 0.2) is 63.1 Å². The molecule has 0 spiro atoms. The number of benzene rings is 1. The highest BCUT2D eigenvalue weighted by atomic mass is 32.2. The zero-order chi connectivity index (χ0) is 21.1. The molecule has 0 bridgehead atoms. The van der Waals surface area contributed by atoms with Crippen LogP contribution in [-0.4, -0.2) is 21.2 Å². The molecule has 0 aliphatic heterocycles. The van der Waals surface area contributed by atoms with Crippen LogP contribution in [0.2, 0.25) is 0 Å². The molecule has 3 heterocycles. The fourth-order valence-corrected chi connectivity index (χ4v) is 4.65. The Kier molecular flexibility index (Phi) is 5.70. The number of carbonyl (C=O) groups excluding carboxylic acids is 1. The number of para-hydroxylation sites is 1. The van der Waals surface area contributed by atoms with Gasteiger partial charge in [-0.05, 0) is 37.3 Å². The molecule has 7 nitrogen and oxygen atoms in total. The summed E-state index contributed by atoms with van der Waals surface area (Å²) >= 11 is 2.61. The minimum atomic E-state index is -0.288. The standard InChI is InChI=1S/C21H16N4O3S2/c1-13-9-16-19(30-13)24-21(25(20(16)27)11-15-6-4-8-28-15)29-12-18(26)23-17-7-3-2-5-14(17)10-22/h2-9H,11-12H2,1H3,(H,23,26). The van der Waals surface area contributed by atoms with Gasteiger partial charge in [0.1, 0.15) is 16.7 Å². The zero-order valence-corrected chi connectivity index (χ0v) is 17.5. The minimum absolute atomic E-state index is 0.0419. The Bertz CT molecular complexity index is 1320. The lowest BCUT2D eigenvalue weighted by Crippen LogP contribution is -2.24. The van der Waals surface area contributed by atoms with Crippen molar-refractivity contribution in [1.82, 2.24) is 9.55 Å². The fourth-order valence-electron chi connectivity index (χ4n) is 2.93. The normalized spacial score (nSPS) is 10.8. The van der Waals surface area contributed by atoms with E-state index in [1.807, 2.05) is 13.0 Å². The van der Waals surface area contributed by atoms with Gasteiger partial charge in [0.25, 0.3) is 5.56 Å². The Hall–Kier alpha value is -3.35. The first kappa shape index (κ1) is 19.9. The lowest BCUT2D eigenvalue weighted by molar-refractivity contribution is -0.113. The third-order valence-corrected chi connectivity index (χ3v) is 6.21. The van der Waals surface area contributed by atoms with Crippen molar-refractivity contribution in [3.05, 3.63) is 75.3 Å². The average Bonchev–Trinajstić information content (AvgIpc) is 3.38. The number of thiophene rings is 1. The van der Waals surface area contributed by atoms with Crippen LogP contribution in [0.5, 0.6) is 0 Å². The van der Waals surface area contributed by atoms with Crippen LogP contribution in [0.4, 0.5) is 5.69 Å². The van der Waals surface area contributed by atoms with Gasteiger partial charge >= 0.3 is 0 Å². The van der Waals surface area contributed by atoms with Crippen molar-refractivity contribution in [2.24, 2.45) is 0 Å². The van der Waals surface area contributed by atoms with Gasteiger partial charge in [0.2, 0.25) is 5.91 Å². The number of fused-ring (bicyclic) bond motifs is 1. The first-order valence-electron chi connectivity index (χ1n) is 9.00. The van der Waals surface area contributed by atoms with Crippen molar-refractivity contribution in [1.29, 1.82) is 5.26 Å². The van der Waals surface area contributed by atoms with E-state index in [1.54, 1.807) is 42.7 Å². The molecular formula is C21H16N4O3S2. The maximum atomic E-state index is 13.0. The first-order valence-corrected chi connectivity index (χ1v) is 10.8. The number of hydrogen-bond acceptors (Lipinski definition) is 7. The van der Waals surface area contributed by atoms with E-state index in [1.165, 1.54) is 27.7 Å².